The van der Waals surface area contributed by atoms with E-state index in [4.69, 9.17) is 9.47 Å². The maximum atomic E-state index is 14.2. The maximum Gasteiger partial charge on any atom is 0.257 e. The molecule has 2 fully saturated rings. The standard InChI is InChI=1S/C41H38F5N5O4/c1-24-31(22-50-15-17-51(18-16-50)41-47-13-4-14-48-41)54-40(55-38(24)27-11-9-25(23-52)10-12-27)30-8-3-7-29(20-30)28-6-2-5-26(19-28)21-49-39(53)32-33(42)35(44)37(46)36(45)34(32)43/h2-14,19-20,24,31,38,40,52H,15-18,21-23H2,1H3,(H,49,53)/t24-,31+,38+,40+/m0/s1. The van der Waals surface area contributed by atoms with Crippen molar-refractivity contribution < 1.29 is 41.3 Å². The highest BCUT2D eigenvalue weighted by atomic mass is 19.2. The number of carbonyl (C=O) groups is 1. The Bertz CT molecular complexity index is 2110. The van der Waals surface area contributed by atoms with Gasteiger partial charge in [-0.05, 0) is 46.0 Å². The van der Waals surface area contributed by atoms with Gasteiger partial charge < -0.3 is 24.8 Å². The first-order valence-corrected chi connectivity index (χ1v) is 17.8. The topological polar surface area (TPSA) is 100 Å². The third-order valence-corrected chi connectivity index (χ3v) is 10.1. The van der Waals surface area contributed by atoms with Gasteiger partial charge in [0.2, 0.25) is 11.8 Å². The lowest BCUT2D eigenvalue weighted by atomic mass is 9.89. The van der Waals surface area contributed by atoms with Crippen LogP contribution in [0.2, 0.25) is 0 Å². The Labute approximate surface area is 314 Å². The summed E-state index contributed by atoms with van der Waals surface area (Å²) in [6, 6.07) is 24.1. The number of halogens is 5. The largest absolute Gasteiger partial charge is 0.392 e. The number of amides is 1. The van der Waals surface area contributed by atoms with Crippen molar-refractivity contribution in [1.29, 1.82) is 0 Å². The van der Waals surface area contributed by atoms with Gasteiger partial charge in [-0.2, -0.15) is 0 Å². The number of hydrogen-bond donors (Lipinski definition) is 2. The average molecular weight is 760 g/mol. The Kier molecular flexibility index (Phi) is 11.5. The van der Waals surface area contributed by atoms with E-state index in [1.54, 1.807) is 36.7 Å². The fourth-order valence-corrected chi connectivity index (χ4v) is 6.97. The van der Waals surface area contributed by atoms with E-state index in [9.17, 15) is 31.9 Å². The number of ether oxygens (including phenoxy) is 2. The van der Waals surface area contributed by atoms with E-state index in [0.29, 0.717) is 18.1 Å². The van der Waals surface area contributed by atoms with Gasteiger partial charge in [-0.1, -0.05) is 67.6 Å². The van der Waals surface area contributed by atoms with Crippen LogP contribution in [0.3, 0.4) is 0 Å². The van der Waals surface area contributed by atoms with Crippen molar-refractivity contribution in [2.24, 2.45) is 5.92 Å². The van der Waals surface area contributed by atoms with Crippen molar-refractivity contribution in [2.45, 2.75) is 38.6 Å². The number of rotatable bonds is 10. The van der Waals surface area contributed by atoms with Crippen LogP contribution < -0.4 is 10.2 Å². The molecular formula is C41H38F5N5O4. The second kappa shape index (κ2) is 16.6. The Morgan fingerprint density at radius 2 is 1.40 bits per heavy atom. The minimum absolute atomic E-state index is 0.0216. The van der Waals surface area contributed by atoms with Crippen LogP contribution in [-0.4, -0.2) is 64.7 Å². The number of nitrogens with one attached hydrogen (secondary N) is 1. The molecule has 55 heavy (non-hydrogen) atoms. The zero-order valence-corrected chi connectivity index (χ0v) is 29.8. The molecule has 1 aromatic heterocycles. The molecular weight excluding hydrogens is 721 g/mol. The summed E-state index contributed by atoms with van der Waals surface area (Å²) < 4.78 is 82.8. The van der Waals surface area contributed by atoms with Crippen LogP contribution in [-0.2, 0) is 22.6 Å². The van der Waals surface area contributed by atoms with E-state index < -0.39 is 46.8 Å². The summed E-state index contributed by atoms with van der Waals surface area (Å²) in [6.07, 6.45) is 2.23. The normalized spacial score (nSPS) is 20.4. The second-order valence-corrected chi connectivity index (χ2v) is 13.6. The molecule has 0 spiro atoms. The Morgan fingerprint density at radius 1 is 0.764 bits per heavy atom. The number of aromatic nitrogens is 2. The van der Waals surface area contributed by atoms with Crippen molar-refractivity contribution in [3.05, 3.63) is 148 Å². The first kappa shape index (κ1) is 38.0. The van der Waals surface area contributed by atoms with Crippen LogP contribution >= 0.6 is 0 Å². The molecule has 3 heterocycles. The number of aliphatic hydroxyl groups is 1. The van der Waals surface area contributed by atoms with Gasteiger partial charge in [0.1, 0.15) is 5.56 Å². The Balaban J connectivity index is 1.09. The predicted molar refractivity (Wildman–Crippen MR) is 193 cm³/mol. The molecule has 9 nitrogen and oxygen atoms in total. The van der Waals surface area contributed by atoms with Crippen LogP contribution in [0.15, 0.2) is 91.3 Å². The van der Waals surface area contributed by atoms with Crippen molar-refractivity contribution in [3.63, 3.8) is 0 Å². The number of anilines is 1. The summed E-state index contributed by atoms with van der Waals surface area (Å²) in [5, 5.41) is 11.9. The fraction of sp³-hybridized carbons (Fsp3) is 0.293. The Morgan fingerprint density at radius 3 is 2.07 bits per heavy atom. The third-order valence-electron chi connectivity index (χ3n) is 10.1. The predicted octanol–water partition coefficient (Wildman–Crippen LogP) is 6.88. The zero-order valence-electron chi connectivity index (χ0n) is 29.8. The van der Waals surface area contributed by atoms with Gasteiger partial charge in [-0.25, -0.2) is 31.9 Å². The molecule has 0 unspecified atom stereocenters. The molecule has 0 saturated carbocycles. The van der Waals surface area contributed by atoms with Crippen molar-refractivity contribution >= 4 is 11.9 Å². The molecule has 7 rings (SSSR count). The quantitative estimate of drug-likeness (QED) is 0.0905. The zero-order chi connectivity index (χ0) is 38.6. The lowest BCUT2D eigenvalue weighted by molar-refractivity contribution is -0.276. The molecule has 0 aliphatic carbocycles. The number of hydrogen-bond acceptors (Lipinski definition) is 8. The lowest BCUT2D eigenvalue weighted by Gasteiger charge is -2.44. The van der Waals surface area contributed by atoms with Crippen LogP contribution in [0.5, 0.6) is 0 Å². The van der Waals surface area contributed by atoms with Crippen molar-refractivity contribution in [3.8, 4) is 11.1 Å². The molecule has 0 radical (unpaired) electrons. The van der Waals surface area contributed by atoms with Crippen LogP contribution in [0.4, 0.5) is 27.9 Å². The molecule has 14 heteroatoms. The van der Waals surface area contributed by atoms with Gasteiger partial charge >= 0.3 is 0 Å². The van der Waals surface area contributed by atoms with E-state index >= 15 is 0 Å². The molecule has 286 valence electrons. The monoisotopic (exact) mass is 759 g/mol. The first-order chi connectivity index (χ1) is 26.6. The van der Waals surface area contributed by atoms with Gasteiger partial charge in [-0.15, -0.1) is 0 Å². The Hall–Kier alpha value is -5.28. The third kappa shape index (κ3) is 8.22. The number of piperazine rings is 1. The summed E-state index contributed by atoms with van der Waals surface area (Å²) in [4.78, 5) is 25.9. The van der Waals surface area contributed by atoms with Gasteiger partial charge in [0.05, 0.1) is 18.8 Å². The van der Waals surface area contributed by atoms with E-state index in [1.165, 1.54) is 0 Å². The number of aliphatic hydroxyl groups excluding tert-OH is 1. The summed E-state index contributed by atoms with van der Waals surface area (Å²) in [7, 11) is 0. The van der Waals surface area contributed by atoms with E-state index in [0.717, 1.165) is 54.0 Å². The summed E-state index contributed by atoms with van der Waals surface area (Å²) in [6.45, 7) is 5.64. The molecule has 2 aliphatic heterocycles. The highest BCUT2D eigenvalue weighted by Crippen LogP contribution is 2.42. The summed E-state index contributed by atoms with van der Waals surface area (Å²) in [5.41, 5.74) is 3.02. The van der Waals surface area contributed by atoms with E-state index in [-0.39, 0.29) is 31.3 Å². The average Bonchev–Trinajstić information content (AvgIpc) is 3.23. The van der Waals surface area contributed by atoms with Crippen LogP contribution in [0.1, 0.15) is 51.9 Å². The molecule has 4 atom stereocenters. The summed E-state index contributed by atoms with van der Waals surface area (Å²) >= 11 is 0. The van der Waals surface area contributed by atoms with E-state index in [2.05, 4.69) is 32.0 Å². The molecule has 2 saturated heterocycles. The minimum atomic E-state index is -2.34. The van der Waals surface area contributed by atoms with Gasteiger partial charge in [0.25, 0.3) is 5.91 Å². The smallest absolute Gasteiger partial charge is 0.257 e. The number of nitrogens with zero attached hydrogens (tertiary/aromatic N) is 4. The van der Waals surface area contributed by atoms with E-state index in [1.807, 2.05) is 54.6 Å². The fourth-order valence-electron chi connectivity index (χ4n) is 6.97. The molecule has 1 amide bonds. The number of benzene rings is 4. The molecule has 2 aliphatic rings. The molecule has 4 aromatic carbocycles. The second-order valence-electron chi connectivity index (χ2n) is 13.6. The minimum Gasteiger partial charge on any atom is -0.392 e. The lowest BCUT2D eigenvalue weighted by Crippen LogP contribution is -2.51. The highest BCUT2D eigenvalue weighted by Gasteiger charge is 2.39. The van der Waals surface area contributed by atoms with Gasteiger partial charge in [0, 0.05) is 63.1 Å². The number of carbonyl (C=O) groups excluding carboxylic acids is 1. The van der Waals surface area contributed by atoms with Crippen LogP contribution in [0.25, 0.3) is 11.1 Å². The molecule has 5 aromatic rings. The van der Waals surface area contributed by atoms with Crippen LogP contribution in [0, 0.1) is 35.0 Å². The molecule has 0 bridgehead atoms. The van der Waals surface area contributed by atoms with Gasteiger partial charge in [0.15, 0.2) is 29.6 Å². The SMILES string of the molecule is C[C@H]1[C@@H](CN2CCN(c3ncccn3)CC2)O[C@@H](c2cccc(-c3cccc(CNC(=O)c4c(F)c(F)c(F)c(F)c4F)c3)c2)O[C@H]1c1ccc(CO)cc1. The maximum absolute atomic E-state index is 14.2. The highest BCUT2D eigenvalue weighted by molar-refractivity contribution is 5.94. The van der Waals surface area contributed by atoms with Crippen molar-refractivity contribution in [1.82, 2.24) is 20.2 Å². The summed E-state index contributed by atoms with van der Waals surface area (Å²) in [5.74, 6) is -11.9. The molecule has 2 N–H and O–H groups in total. The first-order valence-electron chi connectivity index (χ1n) is 17.8. The van der Waals surface area contributed by atoms with Crippen molar-refractivity contribution in [2.75, 3.05) is 37.6 Å². The van der Waals surface area contributed by atoms with Gasteiger partial charge in [-0.3, -0.25) is 9.69 Å².